The highest BCUT2D eigenvalue weighted by Crippen LogP contribution is 2.26. The molecule has 96 valence electrons. The predicted octanol–water partition coefficient (Wildman–Crippen LogP) is 4.19. The molecule has 2 rings (SSSR count). The van der Waals surface area contributed by atoms with E-state index < -0.39 is 0 Å². The Labute approximate surface area is 117 Å². The second-order valence-electron chi connectivity index (χ2n) is 4.63. The van der Waals surface area contributed by atoms with Gasteiger partial charge in [-0.1, -0.05) is 23.7 Å². The largest absolute Gasteiger partial charge is 0.302 e. The molecule has 0 radical (unpaired) electrons. The number of thiazole rings is 1. The van der Waals surface area contributed by atoms with Crippen molar-refractivity contribution in [2.24, 2.45) is 0 Å². The van der Waals surface area contributed by atoms with E-state index in [1.54, 1.807) is 11.3 Å². The van der Waals surface area contributed by atoms with Crippen molar-refractivity contribution in [1.29, 1.82) is 0 Å². The van der Waals surface area contributed by atoms with Crippen molar-refractivity contribution in [2.45, 2.75) is 32.9 Å². The molecule has 0 spiro atoms. The Morgan fingerprint density at radius 1 is 1.22 bits per heavy atom. The summed E-state index contributed by atoms with van der Waals surface area (Å²) in [6, 6.07) is 8.49. The van der Waals surface area contributed by atoms with Gasteiger partial charge in [-0.3, -0.25) is 0 Å². The third-order valence-electron chi connectivity index (χ3n) is 2.59. The summed E-state index contributed by atoms with van der Waals surface area (Å²) >= 11 is 7.63. The van der Waals surface area contributed by atoms with Crippen molar-refractivity contribution >= 4 is 22.9 Å². The van der Waals surface area contributed by atoms with Crippen LogP contribution in [0.1, 0.15) is 36.2 Å². The summed E-state index contributed by atoms with van der Waals surface area (Å²) in [7, 11) is 0. The summed E-state index contributed by atoms with van der Waals surface area (Å²) in [4.78, 5) is 4.59. The third-order valence-corrected chi connectivity index (χ3v) is 3.87. The molecule has 0 saturated carbocycles. The van der Waals surface area contributed by atoms with Gasteiger partial charge in [-0.25, -0.2) is 4.98 Å². The van der Waals surface area contributed by atoms with E-state index in [1.807, 2.05) is 19.1 Å². The van der Waals surface area contributed by atoms with Crippen molar-refractivity contribution < 1.29 is 0 Å². The van der Waals surface area contributed by atoms with Crippen LogP contribution < -0.4 is 5.32 Å². The van der Waals surface area contributed by atoms with Gasteiger partial charge in [0.25, 0.3) is 0 Å². The average molecular weight is 281 g/mol. The third kappa shape index (κ3) is 3.31. The number of halogens is 1. The Kier molecular flexibility index (Phi) is 4.38. The van der Waals surface area contributed by atoms with Crippen LogP contribution in [0, 0.1) is 6.92 Å². The maximum absolute atomic E-state index is 5.94. The Morgan fingerprint density at radius 2 is 1.89 bits per heavy atom. The maximum atomic E-state index is 5.94. The van der Waals surface area contributed by atoms with E-state index in [9.17, 15) is 0 Å². The minimum atomic E-state index is 0.140. The van der Waals surface area contributed by atoms with Crippen LogP contribution in [-0.4, -0.2) is 11.0 Å². The number of aromatic nitrogens is 1. The highest BCUT2D eigenvalue weighted by atomic mass is 35.5. The average Bonchev–Trinajstić information content (AvgIpc) is 2.74. The van der Waals surface area contributed by atoms with E-state index in [0.29, 0.717) is 6.04 Å². The van der Waals surface area contributed by atoms with Gasteiger partial charge in [0.05, 0.1) is 6.04 Å². The quantitative estimate of drug-likeness (QED) is 0.908. The van der Waals surface area contributed by atoms with E-state index >= 15 is 0 Å². The number of aryl methyl sites for hydroxylation is 1. The van der Waals surface area contributed by atoms with Gasteiger partial charge in [0.1, 0.15) is 5.01 Å². The minimum absolute atomic E-state index is 0.140. The van der Waals surface area contributed by atoms with Crippen molar-refractivity contribution in [1.82, 2.24) is 10.3 Å². The van der Waals surface area contributed by atoms with Gasteiger partial charge in [-0.2, -0.15) is 0 Å². The molecule has 0 saturated heterocycles. The van der Waals surface area contributed by atoms with Crippen molar-refractivity contribution in [3.8, 4) is 0 Å². The van der Waals surface area contributed by atoms with Gasteiger partial charge >= 0.3 is 0 Å². The SMILES string of the molecule is Cc1csc(C(NC(C)C)c2ccc(Cl)cc2)n1. The van der Waals surface area contributed by atoms with Crippen LogP contribution >= 0.6 is 22.9 Å². The molecule has 1 aromatic heterocycles. The number of nitrogens with zero attached hydrogens (tertiary/aromatic N) is 1. The first-order chi connectivity index (χ1) is 8.56. The van der Waals surface area contributed by atoms with Crippen LogP contribution in [0.15, 0.2) is 29.6 Å². The van der Waals surface area contributed by atoms with Crippen molar-refractivity contribution in [3.05, 3.63) is 50.9 Å². The number of nitrogens with one attached hydrogen (secondary N) is 1. The van der Waals surface area contributed by atoms with Gasteiger partial charge in [0, 0.05) is 22.1 Å². The fraction of sp³-hybridized carbons (Fsp3) is 0.357. The zero-order valence-electron chi connectivity index (χ0n) is 10.8. The molecule has 1 aromatic carbocycles. The van der Waals surface area contributed by atoms with E-state index in [4.69, 9.17) is 11.6 Å². The van der Waals surface area contributed by atoms with Crippen LogP contribution in [0.3, 0.4) is 0 Å². The smallest absolute Gasteiger partial charge is 0.114 e. The standard InChI is InChI=1S/C14H17ClN2S/c1-9(2)16-13(14-17-10(3)8-18-14)11-4-6-12(15)7-5-11/h4-9,13,16H,1-3H3. The van der Waals surface area contributed by atoms with Crippen LogP contribution in [0.5, 0.6) is 0 Å². The first kappa shape index (κ1) is 13.5. The van der Waals surface area contributed by atoms with Crippen LogP contribution in [-0.2, 0) is 0 Å². The molecule has 0 aliphatic rings. The summed E-state index contributed by atoms with van der Waals surface area (Å²) in [6.45, 7) is 6.31. The molecule has 1 heterocycles. The molecule has 4 heteroatoms. The minimum Gasteiger partial charge on any atom is -0.302 e. The van der Waals surface area contributed by atoms with Gasteiger partial charge in [0.2, 0.25) is 0 Å². The number of hydrogen-bond donors (Lipinski definition) is 1. The van der Waals surface area contributed by atoms with Gasteiger partial charge in [-0.05, 0) is 38.5 Å². The molecule has 2 aromatic rings. The molecule has 0 bridgehead atoms. The zero-order chi connectivity index (χ0) is 13.1. The Hall–Kier alpha value is -0.900. The second kappa shape index (κ2) is 5.83. The monoisotopic (exact) mass is 280 g/mol. The lowest BCUT2D eigenvalue weighted by Crippen LogP contribution is -2.28. The zero-order valence-corrected chi connectivity index (χ0v) is 12.3. The molecule has 0 aliphatic heterocycles. The van der Waals surface area contributed by atoms with Crippen LogP contribution in [0.2, 0.25) is 5.02 Å². The molecule has 0 amide bonds. The molecule has 1 atom stereocenters. The van der Waals surface area contributed by atoms with Gasteiger partial charge in [0.15, 0.2) is 0 Å². The summed E-state index contributed by atoms with van der Waals surface area (Å²) in [5.41, 5.74) is 2.27. The predicted molar refractivity (Wildman–Crippen MR) is 78.4 cm³/mol. The molecule has 1 unspecified atom stereocenters. The molecule has 0 fully saturated rings. The van der Waals surface area contributed by atoms with E-state index in [2.05, 4.69) is 41.7 Å². The Morgan fingerprint density at radius 3 is 2.39 bits per heavy atom. The van der Waals surface area contributed by atoms with E-state index in [-0.39, 0.29) is 6.04 Å². The highest BCUT2D eigenvalue weighted by molar-refractivity contribution is 7.09. The normalized spacial score (nSPS) is 12.9. The number of hydrogen-bond acceptors (Lipinski definition) is 3. The van der Waals surface area contributed by atoms with Crippen molar-refractivity contribution in [2.75, 3.05) is 0 Å². The lowest BCUT2D eigenvalue weighted by Gasteiger charge is -2.19. The Bertz CT molecular complexity index is 505. The van der Waals surface area contributed by atoms with Gasteiger partial charge in [-0.15, -0.1) is 11.3 Å². The highest BCUT2D eigenvalue weighted by Gasteiger charge is 2.17. The second-order valence-corrected chi connectivity index (χ2v) is 5.96. The van der Waals surface area contributed by atoms with E-state index in [1.165, 1.54) is 5.56 Å². The summed E-state index contributed by atoms with van der Waals surface area (Å²) in [5.74, 6) is 0. The molecule has 18 heavy (non-hydrogen) atoms. The molecular formula is C14H17ClN2S. The molecular weight excluding hydrogens is 264 g/mol. The first-order valence-corrected chi connectivity index (χ1v) is 7.25. The first-order valence-electron chi connectivity index (χ1n) is 6.00. The number of rotatable bonds is 4. The Balaban J connectivity index is 2.33. The molecule has 0 aliphatic carbocycles. The fourth-order valence-corrected chi connectivity index (χ4v) is 2.81. The summed E-state index contributed by atoms with van der Waals surface area (Å²) in [5, 5.41) is 7.50. The lowest BCUT2D eigenvalue weighted by molar-refractivity contribution is 0.526. The van der Waals surface area contributed by atoms with Crippen LogP contribution in [0.25, 0.3) is 0 Å². The summed E-state index contributed by atoms with van der Waals surface area (Å²) < 4.78 is 0. The van der Waals surface area contributed by atoms with Crippen LogP contribution in [0.4, 0.5) is 0 Å². The van der Waals surface area contributed by atoms with Crippen molar-refractivity contribution in [3.63, 3.8) is 0 Å². The molecule has 2 nitrogen and oxygen atoms in total. The fourth-order valence-electron chi connectivity index (χ4n) is 1.80. The summed E-state index contributed by atoms with van der Waals surface area (Å²) in [6.07, 6.45) is 0. The molecule has 1 N–H and O–H groups in total. The van der Waals surface area contributed by atoms with Gasteiger partial charge < -0.3 is 5.32 Å². The maximum Gasteiger partial charge on any atom is 0.114 e. The number of benzene rings is 1. The lowest BCUT2D eigenvalue weighted by atomic mass is 10.1. The van der Waals surface area contributed by atoms with E-state index in [0.717, 1.165) is 15.7 Å². The topological polar surface area (TPSA) is 24.9 Å².